The van der Waals surface area contributed by atoms with Crippen LogP contribution in [0.5, 0.6) is 17.2 Å². The fourth-order valence-electron chi connectivity index (χ4n) is 3.04. The minimum Gasteiger partial charge on any atom is -0.493 e. The lowest BCUT2D eigenvalue weighted by molar-refractivity contribution is -0.139. The molecule has 0 atom stereocenters. The van der Waals surface area contributed by atoms with E-state index in [1.54, 1.807) is 26.0 Å². The molecule has 0 saturated carbocycles. The van der Waals surface area contributed by atoms with Gasteiger partial charge in [0.25, 0.3) is 0 Å². The number of ether oxygens (including phenoxy) is 4. The van der Waals surface area contributed by atoms with Crippen molar-refractivity contribution < 1.29 is 28.5 Å². The van der Waals surface area contributed by atoms with E-state index in [4.69, 9.17) is 18.9 Å². The molecular formula is C30H30O6. The highest BCUT2D eigenvalue weighted by Crippen LogP contribution is 2.25. The summed E-state index contributed by atoms with van der Waals surface area (Å²) in [5.41, 5.74) is 3.79. The summed E-state index contributed by atoms with van der Waals surface area (Å²) in [6.45, 7) is 11.5. The third kappa shape index (κ3) is 8.17. The Bertz CT molecular complexity index is 1190. The molecule has 0 N–H and O–H groups in total. The van der Waals surface area contributed by atoms with E-state index in [1.165, 1.54) is 0 Å². The molecule has 0 bridgehead atoms. The molecule has 0 fully saturated rings. The van der Waals surface area contributed by atoms with Gasteiger partial charge in [0.05, 0.1) is 13.2 Å². The lowest BCUT2D eigenvalue weighted by Crippen LogP contribution is -2.09. The summed E-state index contributed by atoms with van der Waals surface area (Å²) in [5, 5.41) is 0. The quantitative estimate of drug-likeness (QED) is 0.129. The van der Waals surface area contributed by atoms with E-state index in [9.17, 15) is 9.59 Å². The number of carbonyl (C=O) groups excluding carboxylic acids is 2. The van der Waals surface area contributed by atoms with Crippen molar-refractivity contribution in [3.63, 3.8) is 0 Å². The van der Waals surface area contributed by atoms with Crippen molar-refractivity contribution in [2.45, 2.75) is 26.9 Å². The van der Waals surface area contributed by atoms with Crippen molar-refractivity contribution >= 4 is 11.9 Å². The van der Waals surface area contributed by atoms with Crippen LogP contribution in [0.1, 0.15) is 25.8 Å². The van der Waals surface area contributed by atoms with E-state index >= 15 is 0 Å². The third-order valence-corrected chi connectivity index (χ3v) is 5.07. The van der Waals surface area contributed by atoms with Crippen LogP contribution < -0.4 is 14.2 Å². The monoisotopic (exact) mass is 486 g/mol. The predicted molar refractivity (Wildman–Crippen MR) is 139 cm³/mol. The van der Waals surface area contributed by atoms with Gasteiger partial charge in [0, 0.05) is 17.6 Å². The van der Waals surface area contributed by atoms with Crippen molar-refractivity contribution in [3.05, 3.63) is 103 Å². The first-order chi connectivity index (χ1) is 17.3. The molecule has 0 aliphatic heterocycles. The molecule has 0 spiro atoms. The van der Waals surface area contributed by atoms with Crippen LogP contribution in [-0.2, 0) is 20.9 Å². The number of esters is 2. The minimum absolute atomic E-state index is 0.298. The van der Waals surface area contributed by atoms with Gasteiger partial charge in [-0.15, -0.1) is 0 Å². The lowest BCUT2D eigenvalue weighted by Gasteiger charge is -2.10. The summed E-state index contributed by atoms with van der Waals surface area (Å²) in [7, 11) is 0. The largest absolute Gasteiger partial charge is 0.493 e. The van der Waals surface area contributed by atoms with Crippen LogP contribution in [0.15, 0.2) is 97.1 Å². The van der Waals surface area contributed by atoms with Gasteiger partial charge in [-0.2, -0.15) is 0 Å². The molecule has 0 aromatic heterocycles. The molecule has 186 valence electrons. The van der Waals surface area contributed by atoms with E-state index in [0.717, 1.165) is 28.2 Å². The van der Waals surface area contributed by atoms with Gasteiger partial charge >= 0.3 is 11.9 Å². The van der Waals surface area contributed by atoms with Crippen LogP contribution in [0.2, 0.25) is 0 Å². The zero-order valence-electron chi connectivity index (χ0n) is 20.6. The maximum atomic E-state index is 11.6. The third-order valence-electron chi connectivity index (χ3n) is 5.07. The van der Waals surface area contributed by atoms with Crippen LogP contribution in [0.3, 0.4) is 0 Å². The lowest BCUT2D eigenvalue weighted by atomic mass is 10.1. The number of benzene rings is 3. The summed E-state index contributed by atoms with van der Waals surface area (Å²) < 4.78 is 21.8. The molecule has 0 amide bonds. The van der Waals surface area contributed by atoms with Gasteiger partial charge in [-0.3, -0.25) is 0 Å². The second kappa shape index (κ2) is 13.0. The van der Waals surface area contributed by atoms with Crippen LogP contribution in [0.4, 0.5) is 0 Å². The van der Waals surface area contributed by atoms with Gasteiger partial charge in [-0.25, -0.2) is 9.59 Å². The molecule has 36 heavy (non-hydrogen) atoms. The van der Waals surface area contributed by atoms with Gasteiger partial charge in [-0.1, -0.05) is 49.6 Å². The Hall–Kier alpha value is -4.32. The van der Waals surface area contributed by atoms with Gasteiger partial charge in [0.2, 0.25) is 0 Å². The topological polar surface area (TPSA) is 71.1 Å². The molecule has 3 aromatic rings. The number of hydrogen-bond donors (Lipinski definition) is 0. The average molecular weight is 487 g/mol. The van der Waals surface area contributed by atoms with Gasteiger partial charge in [-0.05, 0) is 66.9 Å². The molecule has 0 unspecified atom stereocenters. The SMILES string of the molecule is C=C(C)C(=O)OCCCOc1ccc(COc2ccc(-c3ccc(OC(=O)C(=C)C)cc3)cc2)cc1. The standard InChI is InChI=1S/C30H30O6/c1-21(2)29(31)34-19-5-18-33-26-12-6-23(7-13-26)20-35-27-14-8-24(9-15-27)25-10-16-28(17-11-25)36-30(32)22(3)4/h6-17H,1,3,5,18-20H2,2,4H3. The van der Waals surface area contributed by atoms with Crippen molar-refractivity contribution in [3.8, 4) is 28.4 Å². The maximum Gasteiger partial charge on any atom is 0.338 e. The zero-order valence-corrected chi connectivity index (χ0v) is 20.6. The molecule has 6 nitrogen and oxygen atoms in total. The van der Waals surface area contributed by atoms with Gasteiger partial charge < -0.3 is 18.9 Å². The van der Waals surface area contributed by atoms with Crippen LogP contribution in [0, 0.1) is 0 Å². The van der Waals surface area contributed by atoms with Crippen molar-refractivity contribution in [1.82, 2.24) is 0 Å². The Kier molecular flexibility index (Phi) is 9.46. The van der Waals surface area contributed by atoms with E-state index in [1.807, 2.05) is 60.7 Å². The van der Waals surface area contributed by atoms with Crippen LogP contribution >= 0.6 is 0 Å². The van der Waals surface area contributed by atoms with E-state index in [2.05, 4.69) is 13.2 Å². The normalized spacial score (nSPS) is 10.3. The maximum absolute atomic E-state index is 11.6. The molecule has 3 rings (SSSR count). The van der Waals surface area contributed by atoms with Gasteiger partial charge in [0.1, 0.15) is 23.9 Å². The summed E-state index contributed by atoms with van der Waals surface area (Å²) in [6.07, 6.45) is 0.604. The Morgan fingerprint density at radius 2 is 1.14 bits per heavy atom. The molecule has 3 aromatic carbocycles. The van der Waals surface area contributed by atoms with Crippen molar-refractivity contribution in [1.29, 1.82) is 0 Å². The fourth-order valence-corrected chi connectivity index (χ4v) is 3.04. The average Bonchev–Trinajstić information content (AvgIpc) is 2.88. The van der Waals surface area contributed by atoms with Gasteiger partial charge in [0.15, 0.2) is 0 Å². The first-order valence-electron chi connectivity index (χ1n) is 11.6. The number of hydrogen-bond acceptors (Lipinski definition) is 6. The predicted octanol–water partition coefficient (Wildman–Crippen LogP) is 6.30. The Balaban J connectivity index is 1.43. The molecule has 0 saturated heterocycles. The van der Waals surface area contributed by atoms with E-state index in [-0.39, 0.29) is 5.97 Å². The molecule has 0 heterocycles. The minimum atomic E-state index is -0.440. The second-order valence-electron chi connectivity index (χ2n) is 8.27. The molecular weight excluding hydrogens is 456 g/mol. The number of rotatable bonds is 12. The van der Waals surface area contributed by atoms with E-state index < -0.39 is 5.97 Å². The first-order valence-corrected chi connectivity index (χ1v) is 11.6. The Morgan fingerprint density at radius 3 is 1.69 bits per heavy atom. The second-order valence-corrected chi connectivity index (χ2v) is 8.27. The van der Waals surface area contributed by atoms with Crippen LogP contribution in [0.25, 0.3) is 11.1 Å². The Morgan fingerprint density at radius 1 is 0.639 bits per heavy atom. The summed E-state index contributed by atoms with van der Waals surface area (Å²) in [4.78, 5) is 23.0. The highest BCUT2D eigenvalue weighted by Gasteiger charge is 2.06. The summed E-state index contributed by atoms with van der Waals surface area (Å²) in [5.74, 6) is 1.16. The molecule has 6 heteroatoms. The van der Waals surface area contributed by atoms with E-state index in [0.29, 0.717) is 43.1 Å². The highest BCUT2D eigenvalue weighted by molar-refractivity contribution is 5.88. The van der Waals surface area contributed by atoms with Crippen molar-refractivity contribution in [2.75, 3.05) is 13.2 Å². The molecule has 0 aliphatic rings. The van der Waals surface area contributed by atoms with Crippen LogP contribution in [-0.4, -0.2) is 25.2 Å². The summed E-state index contributed by atoms with van der Waals surface area (Å²) >= 11 is 0. The summed E-state index contributed by atoms with van der Waals surface area (Å²) in [6, 6.07) is 22.8. The number of carbonyl (C=O) groups is 2. The van der Waals surface area contributed by atoms with Crippen molar-refractivity contribution in [2.24, 2.45) is 0 Å². The molecule has 0 aliphatic carbocycles. The fraction of sp³-hybridized carbons (Fsp3) is 0.200. The smallest absolute Gasteiger partial charge is 0.338 e. The highest BCUT2D eigenvalue weighted by atomic mass is 16.5. The molecule has 0 radical (unpaired) electrons. The first kappa shape index (κ1) is 26.3. The zero-order chi connectivity index (χ0) is 25.9. The Labute approximate surface area is 211 Å².